The first-order chi connectivity index (χ1) is 27.1. The van der Waals surface area contributed by atoms with E-state index < -0.39 is 90.1 Å². The van der Waals surface area contributed by atoms with Gasteiger partial charge in [-0.15, -0.1) is 0 Å². The number of ether oxygens (including phenoxy) is 1. The van der Waals surface area contributed by atoms with E-state index in [2.05, 4.69) is 31.2 Å². The van der Waals surface area contributed by atoms with Gasteiger partial charge in [-0.2, -0.15) is 0 Å². The van der Waals surface area contributed by atoms with Crippen LogP contribution in [0.1, 0.15) is 30.7 Å². The first-order valence-corrected chi connectivity index (χ1v) is 18.0. The molecule has 304 valence electrons. The predicted molar refractivity (Wildman–Crippen MR) is 203 cm³/mol. The lowest BCUT2D eigenvalue weighted by Crippen LogP contribution is -2.62. The zero-order chi connectivity index (χ0) is 41.4. The molecular formula is C37H45N9O11. The van der Waals surface area contributed by atoms with Crippen LogP contribution in [0.3, 0.4) is 0 Å². The number of carbonyl (C=O) groups is 5. The van der Waals surface area contributed by atoms with Gasteiger partial charge < -0.3 is 56.9 Å². The zero-order valence-electron chi connectivity index (χ0n) is 31.0. The molecular weight excluding hydrogens is 746 g/mol. The number of hydrogen-bond donors (Lipinski definition) is 10. The number of aliphatic hydroxyl groups is 1. The predicted octanol–water partition coefficient (Wildman–Crippen LogP) is -1.62. The second-order valence-corrected chi connectivity index (χ2v) is 13.6. The van der Waals surface area contributed by atoms with Crippen LogP contribution in [0.15, 0.2) is 76.6 Å². The number of para-hydroxylation sites is 1. The molecule has 0 saturated carbocycles. The summed E-state index contributed by atoms with van der Waals surface area (Å²) in [6.45, 7) is 0.878. The Hall–Kier alpha value is -6.51. The van der Waals surface area contributed by atoms with Crippen LogP contribution in [0.2, 0.25) is 0 Å². The normalized spacial score (nSPS) is 18.5. The molecule has 5 rings (SSSR count). The fourth-order valence-electron chi connectivity index (χ4n) is 6.47. The lowest BCUT2D eigenvalue weighted by atomic mass is 10.0. The molecule has 1 fully saturated rings. The molecule has 0 radical (unpaired) electrons. The van der Waals surface area contributed by atoms with Gasteiger partial charge in [-0.05, 0) is 36.2 Å². The summed E-state index contributed by atoms with van der Waals surface area (Å²) in [5.74, 6) is -3.61. The van der Waals surface area contributed by atoms with E-state index in [1.54, 1.807) is 12.3 Å². The Balaban J connectivity index is 1.33. The van der Waals surface area contributed by atoms with Crippen LogP contribution in [0.5, 0.6) is 5.75 Å². The van der Waals surface area contributed by atoms with Gasteiger partial charge in [0.15, 0.2) is 6.23 Å². The number of amides is 5. The summed E-state index contributed by atoms with van der Waals surface area (Å²) in [6, 6.07) is 7.80. The van der Waals surface area contributed by atoms with Crippen molar-refractivity contribution in [3.8, 4) is 5.75 Å². The average molecular weight is 792 g/mol. The summed E-state index contributed by atoms with van der Waals surface area (Å²) in [5.41, 5.74) is 6.02. The topological polar surface area (TPSA) is 303 Å². The number of phenols is 1. The summed E-state index contributed by atoms with van der Waals surface area (Å²) < 4.78 is 6.81. The molecule has 57 heavy (non-hydrogen) atoms. The average Bonchev–Trinajstić information content (AvgIpc) is 3.77. The number of aromatic hydroxyl groups is 1. The molecule has 7 atom stereocenters. The largest absolute Gasteiger partial charge is 0.508 e. The number of carboxylic acid groups (broad SMARTS) is 1. The maximum atomic E-state index is 14.1. The van der Waals surface area contributed by atoms with Crippen molar-refractivity contribution in [3.05, 3.63) is 99.0 Å². The minimum Gasteiger partial charge on any atom is -0.508 e. The maximum absolute atomic E-state index is 14.1. The van der Waals surface area contributed by atoms with Crippen LogP contribution in [0.25, 0.3) is 10.9 Å². The highest BCUT2D eigenvalue weighted by Gasteiger charge is 2.38. The number of rotatable bonds is 16. The van der Waals surface area contributed by atoms with E-state index in [9.17, 15) is 48.9 Å². The summed E-state index contributed by atoms with van der Waals surface area (Å²) in [6.07, 6.45) is -0.623. The highest BCUT2D eigenvalue weighted by atomic mass is 16.5. The van der Waals surface area contributed by atoms with Crippen molar-refractivity contribution in [1.29, 1.82) is 0 Å². The minimum absolute atomic E-state index is 0.0139. The van der Waals surface area contributed by atoms with Crippen molar-refractivity contribution in [2.24, 2.45) is 5.73 Å². The number of likely N-dealkylation sites (N-methyl/N-ethyl adjacent to an activating group) is 1. The minimum atomic E-state index is -1.46. The number of nitrogens with one attached hydrogen (secondary N) is 6. The van der Waals surface area contributed by atoms with Gasteiger partial charge in [0.1, 0.15) is 30.0 Å². The van der Waals surface area contributed by atoms with Crippen molar-refractivity contribution >= 4 is 40.6 Å². The van der Waals surface area contributed by atoms with E-state index in [1.807, 2.05) is 18.2 Å². The second-order valence-electron chi connectivity index (χ2n) is 13.6. The number of H-pyrrole nitrogens is 2. The van der Waals surface area contributed by atoms with Crippen LogP contribution < -0.4 is 38.2 Å². The van der Waals surface area contributed by atoms with E-state index in [0.29, 0.717) is 11.1 Å². The Kier molecular flexibility index (Phi) is 13.5. The summed E-state index contributed by atoms with van der Waals surface area (Å²) in [5, 5.41) is 41.4. The molecule has 0 unspecified atom stereocenters. The number of aliphatic hydroxyl groups excluding tert-OH is 1. The Morgan fingerprint density at radius 2 is 1.68 bits per heavy atom. The van der Waals surface area contributed by atoms with Gasteiger partial charge >= 0.3 is 17.7 Å². The molecule has 5 amide bonds. The fourth-order valence-corrected chi connectivity index (χ4v) is 6.47. The van der Waals surface area contributed by atoms with Crippen molar-refractivity contribution in [2.45, 2.75) is 68.8 Å². The molecule has 3 heterocycles. The van der Waals surface area contributed by atoms with E-state index in [0.717, 1.165) is 26.4 Å². The van der Waals surface area contributed by atoms with Gasteiger partial charge in [-0.1, -0.05) is 30.3 Å². The van der Waals surface area contributed by atoms with Gasteiger partial charge in [0.05, 0.1) is 18.7 Å². The molecule has 20 heteroatoms. The number of fused-ring (bicyclic) bond motifs is 1. The third kappa shape index (κ3) is 10.4. The number of carboxylic acids is 1. The molecule has 2 aromatic carbocycles. The van der Waals surface area contributed by atoms with E-state index in [1.165, 1.54) is 44.4 Å². The van der Waals surface area contributed by atoms with Crippen LogP contribution in [0, 0.1) is 0 Å². The van der Waals surface area contributed by atoms with Gasteiger partial charge in [0, 0.05) is 62.2 Å². The SMILES string of the molecule is C[C@@H]([C@H](NC(=O)[C@H](Cc1ccc(O)cc1)NC(=O)N[C@@H](Cc1c[nH]c2ccccc12)C(=O)O)C(=O)NC[C@H]1C[C@@H](O)[C@H](n2ccc(=O)[nH]c2=O)O1)N(C)C(=O)CN. The number of urea groups is 1. The standard InChI is InChI=1S/C37H45N9O11/c1-19(45(2)30(50)16-38)31(33(52)40-18-23-15-28(48)34(57-23)46-12-11-29(49)43-37(46)56)44-32(51)26(13-20-7-9-22(47)10-8-20)41-36(55)42-27(35(53)54)14-21-17-39-25-6-4-3-5-24(21)25/h3-12,17,19,23,26-28,31,34,39,47-48H,13-16,18,38H2,1-2H3,(H,40,52)(H,44,51)(H,53,54)(H2,41,42,55)(H,43,49,56)/t19-,23+,26-,27-,28+,31-,34+/m0/s1. The van der Waals surface area contributed by atoms with Gasteiger partial charge in [0.2, 0.25) is 17.7 Å². The third-order valence-corrected chi connectivity index (χ3v) is 9.74. The highest BCUT2D eigenvalue weighted by Crippen LogP contribution is 2.27. The summed E-state index contributed by atoms with van der Waals surface area (Å²) in [7, 11) is 1.38. The number of hydrogen-bond acceptors (Lipinski definition) is 11. The molecule has 2 aromatic heterocycles. The molecule has 1 aliphatic rings. The summed E-state index contributed by atoms with van der Waals surface area (Å²) >= 11 is 0. The van der Waals surface area contributed by atoms with Gasteiger partial charge in [-0.25, -0.2) is 14.4 Å². The maximum Gasteiger partial charge on any atom is 0.330 e. The molecule has 11 N–H and O–H groups in total. The highest BCUT2D eigenvalue weighted by molar-refractivity contribution is 5.93. The van der Waals surface area contributed by atoms with Gasteiger partial charge in [0.25, 0.3) is 5.56 Å². The first-order valence-electron chi connectivity index (χ1n) is 18.0. The number of aliphatic carboxylic acids is 1. The Bertz CT molecular complexity index is 2200. The lowest BCUT2D eigenvalue weighted by molar-refractivity contribution is -0.139. The molecule has 1 aliphatic heterocycles. The Morgan fingerprint density at radius 3 is 2.37 bits per heavy atom. The van der Waals surface area contributed by atoms with Crippen LogP contribution in [-0.4, -0.2) is 121 Å². The monoisotopic (exact) mass is 791 g/mol. The van der Waals surface area contributed by atoms with Crippen molar-refractivity contribution in [3.63, 3.8) is 0 Å². The molecule has 4 aromatic rings. The number of carbonyl (C=O) groups excluding carboxylic acids is 4. The number of nitrogens with zero attached hydrogens (tertiary/aromatic N) is 2. The number of aromatic nitrogens is 3. The Morgan fingerprint density at radius 1 is 0.982 bits per heavy atom. The molecule has 1 saturated heterocycles. The second kappa shape index (κ2) is 18.4. The fraction of sp³-hybridized carbons (Fsp3) is 0.378. The quantitative estimate of drug-likeness (QED) is 0.0613. The molecule has 20 nitrogen and oxygen atoms in total. The summed E-state index contributed by atoms with van der Waals surface area (Å²) in [4.78, 5) is 96.3. The molecule has 0 bridgehead atoms. The van der Waals surface area contributed by atoms with E-state index >= 15 is 0 Å². The number of phenolic OH excluding ortho intramolecular Hbond substituents is 1. The molecule has 0 aliphatic carbocycles. The smallest absolute Gasteiger partial charge is 0.330 e. The van der Waals surface area contributed by atoms with Crippen molar-refractivity contribution < 1.29 is 44.0 Å². The number of benzene rings is 2. The zero-order valence-corrected chi connectivity index (χ0v) is 31.0. The Labute approximate surface area is 324 Å². The number of nitrogens with two attached hydrogens (primary N) is 1. The van der Waals surface area contributed by atoms with Gasteiger partial charge in [-0.3, -0.25) is 28.7 Å². The van der Waals surface area contributed by atoms with E-state index in [-0.39, 0.29) is 31.6 Å². The van der Waals surface area contributed by atoms with Crippen molar-refractivity contribution in [2.75, 3.05) is 20.1 Å². The third-order valence-electron chi connectivity index (χ3n) is 9.74. The van der Waals surface area contributed by atoms with Crippen LogP contribution in [0.4, 0.5) is 4.79 Å². The first kappa shape index (κ1) is 41.6. The molecule has 0 spiro atoms. The van der Waals surface area contributed by atoms with E-state index in [4.69, 9.17) is 10.5 Å². The van der Waals surface area contributed by atoms with Crippen LogP contribution in [-0.2, 0) is 36.8 Å². The van der Waals surface area contributed by atoms with Crippen LogP contribution >= 0.6 is 0 Å². The number of aromatic amines is 2. The van der Waals surface area contributed by atoms with Crippen molar-refractivity contribution in [1.82, 2.24) is 40.7 Å². The lowest BCUT2D eigenvalue weighted by Gasteiger charge is -2.33.